The molecular weight excluding hydrogens is 459 g/mol. The number of thioether (sulfide) groups is 1. The van der Waals surface area contributed by atoms with E-state index in [9.17, 15) is 32.7 Å². The van der Waals surface area contributed by atoms with Crippen molar-refractivity contribution in [1.82, 2.24) is 4.90 Å². The Hall–Kier alpha value is -3.12. The average Bonchev–Trinajstić information content (AvgIpc) is 3.24. The summed E-state index contributed by atoms with van der Waals surface area (Å²) in [5, 5.41) is 18.2. The van der Waals surface area contributed by atoms with Crippen molar-refractivity contribution in [2.45, 2.75) is 18.6 Å². The van der Waals surface area contributed by atoms with E-state index in [0.29, 0.717) is 4.90 Å². The van der Waals surface area contributed by atoms with Crippen LogP contribution in [0.15, 0.2) is 45.7 Å². The van der Waals surface area contributed by atoms with Gasteiger partial charge in [0, 0.05) is 11.6 Å². The Bertz CT molecular complexity index is 1110. The molecule has 1 fully saturated rings. The predicted molar refractivity (Wildman–Crippen MR) is 108 cm³/mol. The molecule has 3 rings (SSSR count). The summed E-state index contributed by atoms with van der Waals surface area (Å²) in [6.07, 6.45) is -4.10. The number of carboxylic acid groups (broad SMARTS) is 2. The van der Waals surface area contributed by atoms with Crippen molar-refractivity contribution in [3.63, 3.8) is 0 Å². The monoisotopic (exact) mass is 471 g/mol. The minimum absolute atomic E-state index is 0.00780. The highest BCUT2D eigenvalue weighted by Crippen LogP contribution is 2.36. The molecule has 0 unspecified atom stereocenters. The van der Waals surface area contributed by atoms with Gasteiger partial charge in [0.05, 0.1) is 16.9 Å². The number of amides is 1. The van der Waals surface area contributed by atoms with Gasteiger partial charge in [-0.05, 0) is 24.3 Å². The van der Waals surface area contributed by atoms with E-state index < -0.39 is 42.0 Å². The number of alkyl halides is 3. The summed E-state index contributed by atoms with van der Waals surface area (Å²) in [5.74, 6) is -3.49. The lowest BCUT2D eigenvalue weighted by Gasteiger charge is -2.21. The van der Waals surface area contributed by atoms with Crippen molar-refractivity contribution >= 4 is 52.2 Å². The number of carbonyl (C=O) groups excluding carboxylic acids is 1. The van der Waals surface area contributed by atoms with Gasteiger partial charge >= 0.3 is 18.1 Å². The lowest BCUT2D eigenvalue weighted by molar-refractivity contribution is -0.150. The fourth-order valence-corrected chi connectivity index (χ4v) is 4.10. The lowest BCUT2D eigenvalue weighted by atomic mass is 10.1. The number of carboxylic acids is 2. The molecule has 1 aliphatic heterocycles. The Balaban J connectivity index is 1.86. The second kappa shape index (κ2) is 8.55. The van der Waals surface area contributed by atoms with E-state index in [2.05, 4.69) is 0 Å². The Morgan fingerprint density at radius 2 is 1.94 bits per heavy atom. The largest absolute Gasteiger partial charge is 0.481 e. The van der Waals surface area contributed by atoms with Gasteiger partial charge in [0.25, 0.3) is 5.91 Å². The fraction of sp³-hybridized carbons (Fsp3) is 0.158. The van der Waals surface area contributed by atoms with Gasteiger partial charge in [0.1, 0.15) is 21.9 Å². The van der Waals surface area contributed by atoms with Crippen LogP contribution in [-0.2, 0) is 20.6 Å². The molecule has 1 atom stereocenters. The molecule has 31 heavy (non-hydrogen) atoms. The summed E-state index contributed by atoms with van der Waals surface area (Å²) in [7, 11) is 0. The highest BCUT2D eigenvalue weighted by atomic mass is 32.2. The third kappa shape index (κ3) is 4.97. The summed E-state index contributed by atoms with van der Waals surface area (Å²) in [5.41, 5.74) is -0.670. The molecule has 0 aliphatic carbocycles. The van der Waals surface area contributed by atoms with Crippen LogP contribution in [0.4, 0.5) is 13.2 Å². The van der Waals surface area contributed by atoms with E-state index in [4.69, 9.17) is 21.7 Å². The minimum atomic E-state index is -4.52. The molecule has 2 N–H and O–H groups in total. The topological polar surface area (TPSA) is 108 Å². The van der Waals surface area contributed by atoms with E-state index in [-0.39, 0.29) is 26.3 Å². The normalized spacial score (nSPS) is 16.7. The molecule has 1 saturated heterocycles. The van der Waals surface area contributed by atoms with Crippen LogP contribution in [0.25, 0.3) is 17.4 Å². The van der Waals surface area contributed by atoms with Crippen molar-refractivity contribution in [3.8, 4) is 11.3 Å². The van der Waals surface area contributed by atoms with Gasteiger partial charge in [-0.1, -0.05) is 36.1 Å². The zero-order chi connectivity index (χ0) is 22.9. The first-order valence-electron chi connectivity index (χ1n) is 8.46. The van der Waals surface area contributed by atoms with Crippen LogP contribution < -0.4 is 0 Å². The van der Waals surface area contributed by atoms with Crippen LogP contribution in [0.5, 0.6) is 0 Å². The maximum atomic E-state index is 12.9. The molecule has 0 saturated carbocycles. The molecule has 2 heterocycles. The molecule has 162 valence electrons. The van der Waals surface area contributed by atoms with Crippen molar-refractivity contribution < 1.29 is 42.2 Å². The van der Waals surface area contributed by atoms with E-state index in [1.165, 1.54) is 30.3 Å². The lowest BCUT2D eigenvalue weighted by Crippen LogP contribution is -2.45. The van der Waals surface area contributed by atoms with Gasteiger partial charge < -0.3 is 14.6 Å². The fourth-order valence-electron chi connectivity index (χ4n) is 2.77. The molecule has 7 nitrogen and oxygen atoms in total. The standard InChI is InChI=1S/C19H12F3NO6S2/c20-19(21,22)10-3-1-2-9(6-10)13-5-4-11(29-13)7-14-16(26)23(18(30)31-14)12(17(27)28)8-15(24)25/h1-7,12H,8H2,(H,24,25)(H,27,28)/b14-7+/t12-/m0/s1. The molecule has 12 heteroatoms. The Labute approximate surface area is 182 Å². The first kappa shape index (κ1) is 22.6. The van der Waals surface area contributed by atoms with E-state index in [0.717, 1.165) is 23.9 Å². The van der Waals surface area contributed by atoms with E-state index >= 15 is 0 Å². The number of rotatable bonds is 6. The minimum Gasteiger partial charge on any atom is -0.481 e. The summed E-state index contributed by atoms with van der Waals surface area (Å²) in [4.78, 5) is 35.6. The van der Waals surface area contributed by atoms with Gasteiger partial charge in [-0.3, -0.25) is 14.5 Å². The number of halogens is 3. The van der Waals surface area contributed by atoms with Crippen molar-refractivity contribution in [1.29, 1.82) is 0 Å². The van der Waals surface area contributed by atoms with Crippen LogP contribution in [0.3, 0.4) is 0 Å². The van der Waals surface area contributed by atoms with Crippen molar-refractivity contribution in [3.05, 3.63) is 52.6 Å². The number of aliphatic carboxylic acids is 2. The first-order chi connectivity index (χ1) is 14.5. The number of furan rings is 1. The zero-order valence-corrected chi connectivity index (χ0v) is 16.9. The summed E-state index contributed by atoms with van der Waals surface area (Å²) < 4.78 is 44.1. The third-order valence-electron chi connectivity index (χ3n) is 4.16. The highest BCUT2D eigenvalue weighted by molar-refractivity contribution is 8.26. The molecule has 0 bridgehead atoms. The van der Waals surface area contributed by atoms with Gasteiger partial charge in [0.15, 0.2) is 0 Å². The molecule has 1 amide bonds. The number of hydrogen-bond acceptors (Lipinski definition) is 6. The van der Waals surface area contributed by atoms with E-state index in [1.807, 2.05) is 0 Å². The van der Waals surface area contributed by atoms with Crippen LogP contribution >= 0.6 is 24.0 Å². The Morgan fingerprint density at radius 1 is 1.23 bits per heavy atom. The number of carbonyl (C=O) groups is 3. The molecule has 2 aromatic rings. The van der Waals surface area contributed by atoms with Crippen LogP contribution in [0.1, 0.15) is 17.7 Å². The quantitative estimate of drug-likeness (QED) is 0.479. The Kier molecular flexibility index (Phi) is 6.23. The van der Waals surface area contributed by atoms with Gasteiger partial charge in [-0.15, -0.1) is 0 Å². The van der Waals surface area contributed by atoms with Gasteiger partial charge in [-0.25, -0.2) is 4.79 Å². The second-order valence-electron chi connectivity index (χ2n) is 6.28. The number of benzene rings is 1. The molecule has 0 radical (unpaired) electrons. The third-order valence-corrected chi connectivity index (χ3v) is 5.49. The maximum Gasteiger partial charge on any atom is 0.416 e. The van der Waals surface area contributed by atoms with Crippen LogP contribution in [-0.4, -0.2) is 43.3 Å². The second-order valence-corrected chi connectivity index (χ2v) is 7.96. The molecule has 1 aromatic heterocycles. The highest BCUT2D eigenvalue weighted by Gasteiger charge is 2.41. The molecule has 1 aromatic carbocycles. The zero-order valence-electron chi connectivity index (χ0n) is 15.3. The number of nitrogens with zero attached hydrogens (tertiary/aromatic N) is 1. The van der Waals surface area contributed by atoms with Crippen molar-refractivity contribution in [2.24, 2.45) is 0 Å². The summed E-state index contributed by atoms with van der Waals surface area (Å²) >= 11 is 5.79. The smallest absolute Gasteiger partial charge is 0.416 e. The van der Waals surface area contributed by atoms with Gasteiger partial charge in [-0.2, -0.15) is 13.2 Å². The first-order valence-corrected chi connectivity index (χ1v) is 9.69. The van der Waals surface area contributed by atoms with Gasteiger partial charge in [0.2, 0.25) is 0 Å². The molecular formula is C19H12F3NO6S2. The van der Waals surface area contributed by atoms with Crippen LogP contribution in [0, 0.1) is 0 Å². The maximum absolute atomic E-state index is 12.9. The Morgan fingerprint density at radius 3 is 2.55 bits per heavy atom. The van der Waals surface area contributed by atoms with Crippen molar-refractivity contribution in [2.75, 3.05) is 0 Å². The number of hydrogen-bond donors (Lipinski definition) is 2. The average molecular weight is 471 g/mol. The molecule has 0 spiro atoms. The number of thiocarbonyl (C=S) groups is 1. The van der Waals surface area contributed by atoms with Crippen LogP contribution in [0.2, 0.25) is 0 Å². The SMILES string of the molecule is O=C(O)C[C@@H](C(=O)O)N1C(=O)/C(=C\c2ccc(-c3cccc(C(F)(F)F)c3)o2)SC1=S. The van der Waals surface area contributed by atoms with E-state index in [1.54, 1.807) is 0 Å². The molecule has 1 aliphatic rings. The summed E-state index contributed by atoms with van der Waals surface area (Å²) in [6.45, 7) is 0. The summed E-state index contributed by atoms with van der Waals surface area (Å²) in [6, 6.07) is 5.69. The predicted octanol–water partition coefficient (Wildman–Crippen LogP) is 4.09.